The maximum atomic E-state index is 10.1. The predicted molar refractivity (Wildman–Crippen MR) is 34.9 cm³/mol. The lowest BCUT2D eigenvalue weighted by molar-refractivity contribution is -0.124. The highest BCUT2D eigenvalue weighted by Gasteiger charge is 1.99. The van der Waals surface area contributed by atoms with Crippen LogP contribution in [-0.2, 0) is 9.53 Å². The number of carbonyl (C=O) groups is 1. The molecule has 54 valence electrons. The lowest BCUT2D eigenvalue weighted by Crippen LogP contribution is -2.21. The van der Waals surface area contributed by atoms with Crippen LogP contribution in [-0.4, -0.2) is 18.6 Å². The Bertz CT molecular complexity index is 93.1. The highest BCUT2D eigenvalue weighted by Crippen LogP contribution is 1.93. The van der Waals surface area contributed by atoms with Crippen molar-refractivity contribution in [3.05, 3.63) is 0 Å². The average molecular weight is 131 g/mol. The van der Waals surface area contributed by atoms with Crippen LogP contribution < -0.4 is 5.73 Å². The Balaban J connectivity index is 3.16. The quantitative estimate of drug-likeness (QED) is 0.596. The van der Waals surface area contributed by atoms with Gasteiger partial charge in [0.05, 0.1) is 6.10 Å². The van der Waals surface area contributed by atoms with E-state index in [1.54, 1.807) is 0 Å². The fraction of sp³-hybridized carbons (Fsp3) is 0.833. The minimum Gasteiger partial charge on any atom is -0.369 e. The van der Waals surface area contributed by atoms with E-state index in [2.05, 4.69) is 0 Å². The molecule has 0 aromatic heterocycles. The minimum atomic E-state index is -0.407. The smallest absolute Gasteiger partial charge is 0.243 e. The third-order valence-corrected chi connectivity index (χ3v) is 1.09. The van der Waals surface area contributed by atoms with E-state index in [0.29, 0.717) is 0 Å². The topological polar surface area (TPSA) is 52.3 Å². The van der Waals surface area contributed by atoms with E-state index >= 15 is 0 Å². The molecule has 0 aliphatic heterocycles. The molecule has 0 bridgehead atoms. The minimum absolute atomic E-state index is 0.0367. The molecular formula is C6H13NO2. The largest absolute Gasteiger partial charge is 0.369 e. The van der Waals surface area contributed by atoms with Crippen molar-refractivity contribution in [1.82, 2.24) is 0 Å². The number of primary amides is 1. The number of carbonyl (C=O) groups excluding carboxylic acids is 1. The van der Waals surface area contributed by atoms with Gasteiger partial charge < -0.3 is 10.5 Å². The van der Waals surface area contributed by atoms with Gasteiger partial charge in [-0.1, -0.05) is 6.92 Å². The Morgan fingerprint density at radius 3 is 2.67 bits per heavy atom. The SMILES string of the molecule is CCC(C)OCC(N)=O. The first-order valence-electron chi connectivity index (χ1n) is 3.06. The predicted octanol–water partition coefficient (Wildman–Crippen LogP) is 0.287. The van der Waals surface area contributed by atoms with Gasteiger partial charge in [0.15, 0.2) is 0 Å². The summed E-state index contributed by atoms with van der Waals surface area (Å²) in [6, 6.07) is 0. The van der Waals surface area contributed by atoms with Crippen molar-refractivity contribution in [2.45, 2.75) is 26.4 Å². The lowest BCUT2D eigenvalue weighted by atomic mass is 10.3. The molecule has 0 aromatic carbocycles. The molecule has 0 saturated carbocycles. The van der Waals surface area contributed by atoms with E-state index in [4.69, 9.17) is 10.5 Å². The summed E-state index contributed by atoms with van der Waals surface area (Å²) in [5, 5.41) is 0. The van der Waals surface area contributed by atoms with Gasteiger partial charge >= 0.3 is 0 Å². The molecule has 1 amide bonds. The Hall–Kier alpha value is -0.570. The average Bonchev–Trinajstić information content (AvgIpc) is 1.83. The fourth-order valence-electron chi connectivity index (χ4n) is 0.342. The zero-order valence-electron chi connectivity index (χ0n) is 5.89. The van der Waals surface area contributed by atoms with Crippen molar-refractivity contribution in [2.75, 3.05) is 6.61 Å². The summed E-state index contributed by atoms with van der Waals surface area (Å²) < 4.78 is 4.98. The van der Waals surface area contributed by atoms with Gasteiger partial charge in [0.2, 0.25) is 5.91 Å². The van der Waals surface area contributed by atoms with Crippen LogP contribution in [0.25, 0.3) is 0 Å². The third-order valence-electron chi connectivity index (χ3n) is 1.09. The molecule has 9 heavy (non-hydrogen) atoms. The molecule has 0 aliphatic carbocycles. The van der Waals surface area contributed by atoms with E-state index in [1.807, 2.05) is 13.8 Å². The summed E-state index contributed by atoms with van der Waals surface area (Å²) in [6.07, 6.45) is 1.05. The first-order valence-corrected chi connectivity index (χ1v) is 3.06. The summed E-state index contributed by atoms with van der Waals surface area (Å²) in [6.45, 7) is 3.93. The third kappa shape index (κ3) is 5.30. The van der Waals surface area contributed by atoms with E-state index in [1.165, 1.54) is 0 Å². The van der Waals surface area contributed by atoms with E-state index in [9.17, 15) is 4.79 Å². The van der Waals surface area contributed by atoms with Crippen LogP contribution in [0.3, 0.4) is 0 Å². The number of hydrogen-bond donors (Lipinski definition) is 1. The second kappa shape index (κ2) is 4.32. The van der Waals surface area contributed by atoms with Crippen molar-refractivity contribution < 1.29 is 9.53 Å². The first kappa shape index (κ1) is 8.43. The Labute approximate surface area is 55.2 Å². The molecule has 0 rings (SSSR count). The standard InChI is InChI=1S/C6H13NO2/c1-3-5(2)9-4-6(7)8/h5H,3-4H2,1-2H3,(H2,7,8). The zero-order valence-corrected chi connectivity index (χ0v) is 5.89. The number of ether oxygens (including phenoxy) is 1. The fourth-order valence-corrected chi connectivity index (χ4v) is 0.342. The van der Waals surface area contributed by atoms with E-state index in [-0.39, 0.29) is 12.7 Å². The van der Waals surface area contributed by atoms with Gasteiger partial charge in [-0.3, -0.25) is 4.79 Å². The summed E-state index contributed by atoms with van der Waals surface area (Å²) in [5.41, 5.74) is 4.83. The molecule has 0 spiro atoms. The van der Waals surface area contributed by atoms with Crippen molar-refractivity contribution in [3.63, 3.8) is 0 Å². The van der Waals surface area contributed by atoms with Gasteiger partial charge in [0.25, 0.3) is 0 Å². The first-order chi connectivity index (χ1) is 4.16. The number of nitrogens with two attached hydrogens (primary N) is 1. The summed E-state index contributed by atoms with van der Waals surface area (Å²) in [5.74, 6) is -0.407. The van der Waals surface area contributed by atoms with Crippen LogP contribution in [0.2, 0.25) is 0 Å². The molecule has 3 nitrogen and oxygen atoms in total. The molecule has 1 unspecified atom stereocenters. The Morgan fingerprint density at radius 1 is 1.78 bits per heavy atom. The van der Waals surface area contributed by atoms with Crippen molar-refractivity contribution in [1.29, 1.82) is 0 Å². The summed E-state index contributed by atoms with van der Waals surface area (Å²) in [7, 11) is 0. The molecule has 0 heterocycles. The van der Waals surface area contributed by atoms with Gasteiger partial charge in [-0.2, -0.15) is 0 Å². The molecule has 3 heteroatoms. The van der Waals surface area contributed by atoms with Crippen molar-refractivity contribution in [3.8, 4) is 0 Å². The molecule has 2 N–H and O–H groups in total. The molecule has 0 aliphatic rings. The Morgan fingerprint density at radius 2 is 2.33 bits per heavy atom. The molecular weight excluding hydrogens is 118 g/mol. The summed E-state index contributed by atoms with van der Waals surface area (Å²) >= 11 is 0. The van der Waals surface area contributed by atoms with Crippen LogP contribution in [0.1, 0.15) is 20.3 Å². The van der Waals surface area contributed by atoms with Crippen LogP contribution in [0.4, 0.5) is 0 Å². The van der Waals surface area contributed by atoms with Gasteiger partial charge in [0, 0.05) is 0 Å². The second-order valence-electron chi connectivity index (χ2n) is 2.00. The summed E-state index contributed by atoms with van der Waals surface area (Å²) in [4.78, 5) is 10.1. The highest BCUT2D eigenvalue weighted by molar-refractivity contribution is 5.74. The lowest BCUT2D eigenvalue weighted by Gasteiger charge is -2.06. The second-order valence-corrected chi connectivity index (χ2v) is 2.00. The van der Waals surface area contributed by atoms with Gasteiger partial charge in [-0.15, -0.1) is 0 Å². The van der Waals surface area contributed by atoms with E-state index < -0.39 is 5.91 Å². The number of amides is 1. The van der Waals surface area contributed by atoms with Gasteiger partial charge in [-0.05, 0) is 13.3 Å². The van der Waals surface area contributed by atoms with Gasteiger partial charge in [-0.25, -0.2) is 0 Å². The van der Waals surface area contributed by atoms with Crippen molar-refractivity contribution in [2.24, 2.45) is 5.73 Å². The van der Waals surface area contributed by atoms with E-state index in [0.717, 1.165) is 6.42 Å². The molecule has 0 aromatic rings. The van der Waals surface area contributed by atoms with Crippen LogP contribution in [0.15, 0.2) is 0 Å². The highest BCUT2D eigenvalue weighted by atomic mass is 16.5. The number of hydrogen-bond acceptors (Lipinski definition) is 2. The molecule has 0 saturated heterocycles. The normalized spacial score (nSPS) is 13.1. The molecule has 0 fully saturated rings. The van der Waals surface area contributed by atoms with Gasteiger partial charge in [0.1, 0.15) is 6.61 Å². The van der Waals surface area contributed by atoms with Crippen LogP contribution >= 0.6 is 0 Å². The monoisotopic (exact) mass is 131 g/mol. The van der Waals surface area contributed by atoms with Crippen LogP contribution in [0.5, 0.6) is 0 Å². The molecule has 0 radical (unpaired) electrons. The maximum absolute atomic E-state index is 10.1. The number of rotatable bonds is 4. The maximum Gasteiger partial charge on any atom is 0.243 e. The van der Waals surface area contributed by atoms with Crippen LogP contribution in [0, 0.1) is 0 Å². The molecule has 1 atom stereocenters. The Kier molecular flexibility index (Phi) is 4.05. The van der Waals surface area contributed by atoms with Crippen molar-refractivity contribution >= 4 is 5.91 Å². The zero-order chi connectivity index (χ0) is 7.28.